The molecule has 2 aliphatic rings. The zero-order chi connectivity index (χ0) is 12.5. The fourth-order valence-corrected chi connectivity index (χ4v) is 2.59. The first-order chi connectivity index (χ1) is 8.74. The molecule has 2 fully saturated rings. The molecule has 1 aromatic heterocycles. The van der Waals surface area contributed by atoms with E-state index < -0.39 is 0 Å². The third-order valence-corrected chi connectivity index (χ3v) is 3.90. The second-order valence-corrected chi connectivity index (χ2v) is 5.44. The van der Waals surface area contributed by atoms with Gasteiger partial charge in [0.25, 0.3) is 0 Å². The highest BCUT2D eigenvalue weighted by molar-refractivity contribution is 5.45. The van der Waals surface area contributed by atoms with E-state index in [1.165, 1.54) is 19.3 Å². The highest BCUT2D eigenvalue weighted by atomic mass is 15.2. The van der Waals surface area contributed by atoms with Crippen molar-refractivity contribution in [2.75, 3.05) is 30.8 Å². The first-order valence-corrected chi connectivity index (χ1v) is 6.80. The SMILES string of the molecule is CN[C@H]1CCN(c2cc(CC3CC3)nc(N)n2)C1. The number of nitrogens with zero attached hydrogens (tertiary/aromatic N) is 3. The molecule has 1 saturated heterocycles. The molecule has 3 N–H and O–H groups in total. The van der Waals surface area contributed by atoms with Crippen molar-refractivity contribution in [3.63, 3.8) is 0 Å². The molecule has 98 valence electrons. The van der Waals surface area contributed by atoms with Gasteiger partial charge in [0.2, 0.25) is 5.95 Å². The van der Waals surface area contributed by atoms with Crippen LogP contribution < -0.4 is 16.0 Å². The van der Waals surface area contributed by atoms with Gasteiger partial charge in [-0.15, -0.1) is 0 Å². The average Bonchev–Trinajstić information content (AvgIpc) is 3.03. The molecule has 0 bridgehead atoms. The van der Waals surface area contributed by atoms with Crippen molar-refractivity contribution >= 4 is 11.8 Å². The quantitative estimate of drug-likeness (QED) is 0.824. The summed E-state index contributed by atoms with van der Waals surface area (Å²) in [6.07, 6.45) is 4.90. The largest absolute Gasteiger partial charge is 0.368 e. The third-order valence-electron chi connectivity index (χ3n) is 3.90. The topological polar surface area (TPSA) is 67.1 Å². The van der Waals surface area contributed by atoms with E-state index in [0.29, 0.717) is 12.0 Å². The molecule has 1 aliphatic carbocycles. The second-order valence-electron chi connectivity index (χ2n) is 5.44. The zero-order valence-corrected chi connectivity index (χ0v) is 10.9. The average molecular weight is 247 g/mol. The number of nitrogen functional groups attached to an aromatic ring is 1. The van der Waals surface area contributed by atoms with E-state index in [1.807, 2.05) is 7.05 Å². The molecule has 0 spiro atoms. The summed E-state index contributed by atoms with van der Waals surface area (Å²) in [5.41, 5.74) is 6.93. The van der Waals surface area contributed by atoms with Crippen LogP contribution in [-0.4, -0.2) is 36.1 Å². The first kappa shape index (κ1) is 11.7. The lowest BCUT2D eigenvalue weighted by molar-refractivity contribution is 0.616. The summed E-state index contributed by atoms with van der Waals surface area (Å²) in [6, 6.07) is 2.68. The minimum Gasteiger partial charge on any atom is -0.368 e. The van der Waals surface area contributed by atoms with Crippen molar-refractivity contribution < 1.29 is 0 Å². The van der Waals surface area contributed by atoms with Gasteiger partial charge in [-0.3, -0.25) is 0 Å². The highest BCUT2D eigenvalue weighted by Crippen LogP contribution is 2.33. The van der Waals surface area contributed by atoms with Crippen LogP contribution in [0.3, 0.4) is 0 Å². The van der Waals surface area contributed by atoms with Gasteiger partial charge >= 0.3 is 0 Å². The number of hydrogen-bond donors (Lipinski definition) is 2. The number of nitrogens with one attached hydrogen (secondary N) is 1. The Labute approximate surface area is 108 Å². The fourth-order valence-electron chi connectivity index (χ4n) is 2.59. The molecule has 0 aromatic carbocycles. The molecule has 0 radical (unpaired) electrons. The maximum Gasteiger partial charge on any atom is 0.222 e. The molecular formula is C13H21N5. The second kappa shape index (κ2) is 4.72. The van der Waals surface area contributed by atoms with Gasteiger partial charge in [0.1, 0.15) is 5.82 Å². The van der Waals surface area contributed by atoms with Crippen molar-refractivity contribution in [3.05, 3.63) is 11.8 Å². The van der Waals surface area contributed by atoms with Crippen LogP contribution in [0.4, 0.5) is 11.8 Å². The Morgan fingerprint density at radius 2 is 2.22 bits per heavy atom. The van der Waals surface area contributed by atoms with Gasteiger partial charge in [-0.05, 0) is 38.6 Å². The van der Waals surface area contributed by atoms with E-state index in [-0.39, 0.29) is 0 Å². The Morgan fingerprint density at radius 1 is 1.39 bits per heavy atom. The summed E-state index contributed by atoms with van der Waals surface area (Å²) in [4.78, 5) is 11.0. The van der Waals surface area contributed by atoms with E-state index in [1.54, 1.807) is 0 Å². The molecule has 1 aromatic rings. The van der Waals surface area contributed by atoms with E-state index >= 15 is 0 Å². The van der Waals surface area contributed by atoms with Gasteiger partial charge in [0, 0.05) is 30.9 Å². The summed E-state index contributed by atoms with van der Waals surface area (Å²) in [5.74, 6) is 2.24. The monoisotopic (exact) mass is 247 g/mol. The van der Waals surface area contributed by atoms with Crippen molar-refractivity contribution in [1.29, 1.82) is 0 Å². The summed E-state index contributed by atoms with van der Waals surface area (Å²) in [6.45, 7) is 2.06. The third kappa shape index (κ3) is 2.56. The van der Waals surface area contributed by atoms with Crippen LogP contribution in [0.1, 0.15) is 25.0 Å². The number of anilines is 2. The van der Waals surface area contributed by atoms with Crippen molar-refractivity contribution in [3.8, 4) is 0 Å². The van der Waals surface area contributed by atoms with Crippen LogP contribution in [0.25, 0.3) is 0 Å². The maximum absolute atomic E-state index is 5.83. The molecule has 1 saturated carbocycles. The summed E-state index contributed by atoms with van der Waals surface area (Å²) < 4.78 is 0. The van der Waals surface area contributed by atoms with Gasteiger partial charge in [-0.1, -0.05) is 0 Å². The molecular weight excluding hydrogens is 226 g/mol. The predicted molar refractivity (Wildman–Crippen MR) is 72.6 cm³/mol. The van der Waals surface area contributed by atoms with Gasteiger partial charge in [0.15, 0.2) is 0 Å². The molecule has 3 rings (SSSR count). The highest BCUT2D eigenvalue weighted by Gasteiger charge is 2.25. The summed E-state index contributed by atoms with van der Waals surface area (Å²) in [5, 5.41) is 3.32. The molecule has 1 atom stereocenters. The number of rotatable bonds is 4. The molecule has 5 heteroatoms. The number of aromatic nitrogens is 2. The van der Waals surface area contributed by atoms with Crippen LogP contribution >= 0.6 is 0 Å². The van der Waals surface area contributed by atoms with Crippen molar-refractivity contribution in [2.24, 2.45) is 5.92 Å². The zero-order valence-electron chi connectivity index (χ0n) is 10.9. The lowest BCUT2D eigenvalue weighted by Gasteiger charge is -2.18. The minimum atomic E-state index is 0.413. The molecule has 0 amide bonds. The Kier molecular flexibility index (Phi) is 3.07. The van der Waals surface area contributed by atoms with Crippen molar-refractivity contribution in [1.82, 2.24) is 15.3 Å². The standard InChI is InChI=1S/C13H21N5/c1-15-10-4-5-18(8-10)12-7-11(6-9-2-3-9)16-13(14)17-12/h7,9-10,15H,2-6,8H2,1H3,(H2,14,16,17)/t10-/m0/s1. The Bertz CT molecular complexity index is 429. The van der Waals surface area contributed by atoms with E-state index in [2.05, 4.69) is 26.3 Å². The van der Waals surface area contributed by atoms with Crippen molar-refractivity contribution in [2.45, 2.75) is 31.7 Å². The number of likely N-dealkylation sites (N-methyl/N-ethyl adjacent to an activating group) is 1. The molecule has 0 unspecified atom stereocenters. The Balaban J connectivity index is 1.76. The molecule has 2 heterocycles. The first-order valence-electron chi connectivity index (χ1n) is 6.80. The van der Waals surface area contributed by atoms with Crippen LogP contribution in [0.15, 0.2) is 6.07 Å². The van der Waals surface area contributed by atoms with E-state index in [4.69, 9.17) is 5.73 Å². The normalized spacial score (nSPS) is 23.6. The Morgan fingerprint density at radius 3 is 2.89 bits per heavy atom. The van der Waals surface area contributed by atoms with Gasteiger partial charge < -0.3 is 16.0 Å². The molecule has 1 aliphatic heterocycles. The van der Waals surface area contributed by atoms with Crippen LogP contribution in [0.2, 0.25) is 0 Å². The molecule has 5 nitrogen and oxygen atoms in total. The van der Waals surface area contributed by atoms with E-state index in [0.717, 1.165) is 36.9 Å². The lowest BCUT2D eigenvalue weighted by Crippen LogP contribution is -2.30. The summed E-state index contributed by atoms with van der Waals surface area (Å²) in [7, 11) is 2.01. The van der Waals surface area contributed by atoms with Gasteiger partial charge in [-0.25, -0.2) is 4.98 Å². The summed E-state index contributed by atoms with van der Waals surface area (Å²) >= 11 is 0. The Hall–Kier alpha value is -1.36. The number of nitrogens with two attached hydrogens (primary N) is 1. The number of hydrogen-bond acceptors (Lipinski definition) is 5. The fraction of sp³-hybridized carbons (Fsp3) is 0.692. The smallest absolute Gasteiger partial charge is 0.222 e. The van der Waals surface area contributed by atoms with Crippen LogP contribution in [-0.2, 0) is 6.42 Å². The lowest BCUT2D eigenvalue weighted by atomic mass is 10.2. The van der Waals surface area contributed by atoms with Crippen LogP contribution in [0, 0.1) is 5.92 Å². The van der Waals surface area contributed by atoms with E-state index in [9.17, 15) is 0 Å². The van der Waals surface area contributed by atoms with Gasteiger partial charge in [0.05, 0.1) is 0 Å². The predicted octanol–water partition coefficient (Wildman–Crippen LogP) is 0.809. The maximum atomic E-state index is 5.83. The minimum absolute atomic E-state index is 0.413. The van der Waals surface area contributed by atoms with Gasteiger partial charge in [-0.2, -0.15) is 4.98 Å². The van der Waals surface area contributed by atoms with Crippen LogP contribution in [0.5, 0.6) is 0 Å². The molecule has 18 heavy (non-hydrogen) atoms.